The Kier molecular flexibility index (Phi) is 4.22. The van der Waals surface area contributed by atoms with Crippen LogP contribution in [0.5, 0.6) is 0 Å². The highest BCUT2D eigenvalue weighted by Gasteiger charge is 2.15. The molecule has 0 aliphatic carbocycles. The van der Waals surface area contributed by atoms with Crippen molar-refractivity contribution in [2.75, 3.05) is 13.1 Å². The van der Waals surface area contributed by atoms with Gasteiger partial charge in [-0.05, 0) is 25.5 Å². The van der Waals surface area contributed by atoms with Gasteiger partial charge < -0.3 is 15.1 Å². The number of carbonyl (C=O) groups excluding carboxylic acids is 1. The standard InChI is InChI=1S/C15H20N2O2/c1-10-13-6-4-5-7-14(13)19-15(10)11(2)16-8-9-17-12(3)18/h4-7,11,16H,8-9H2,1-3H3,(H,17,18). The third-order valence-electron chi connectivity index (χ3n) is 3.22. The number of nitrogens with one attached hydrogen (secondary N) is 2. The van der Waals surface area contributed by atoms with Crippen LogP contribution in [0.2, 0.25) is 0 Å². The molecule has 1 unspecified atom stereocenters. The van der Waals surface area contributed by atoms with Crippen molar-refractivity contribution in [1.29, 1.82) is 0 Å². The van der Waals surface area contributed by atoms with Gasteiger partial charge >= 0.3 is 0 Å². The highest BCUT2D eigenvalue weighted by molar-refractivity contribution is 5.82. The van der Waals surface area contributed by atoms with Crippen molar-refractivity contribution in [3.05, 3.63) is 35.6 Å². The van der Waals surface area contributed by atoms with Gasteiger partial charge in [0.25, 0.3) is 0 Å². The maximum Gasteiger partial charge on any atom is 0.216 e. The summed E-state index contributed by atoms with van der Waals surface area (Å²) in [6, 6.07) is 8.17. The molecule has 1 atom stereocenters. The van der Waals surface area contributed by atoms with Gasteiger partial charge in [-0.1, -0.05) is 18.2 Å². The van der Waals surface area contributed by atoms with Crippen LogP contribution >= 0.6 is 0 Å². The second-order valence-electron chi connectivity index (χ2n) is 4.75. The Morgan fingerprint density at radius 2 is 2.05 bits per heavy atom. The molecule has 1 aromatic carbocycles. The fraction of sp³-hybridized carbons (Fsp3) is 0.400. The third-order valence-corrected chi connectivity index (χ3v) is 3.22. The third kappa shape index (κ3) is 3.15. The molecule has 0 saturated carbocycles. The van der Waals surface area contributed by atoms with Crippen molar-refractivity contribution >= 4 is 16.9 Å². The number of para-hydroxylation sites is 1. The van der Waals surface area contributed by atoms with Crippen molar-refractivity contribution < 1.29 is 9.21 Å². The Hall–Kier alpha value is -1.81. The first-order chi connectivity index (χ1) is 9.09. The fourth-order valence-corrected chi connectivity index (χ4v) is 2.23. The maximum absolute atomic E-state index is 10.8. The molecule has 4 nitrogen and oxygen atoms in total. The first kappa shape index (κ1) is 13.6. The Morgan fingerprint density at radius 1 is 1.32 bits per heavy atom. The Bertz CT molecular complexity index is 575. The predicted molar refractivity (Wildman–Crippen MR) is 76.1 cm³/mol. The van der Waals surface area contributed by atoms with Crippen LogP contribution in [0.1, 0.15) is 31.2 Å². The molecular formula is C15H20N2O2. The van der Waals surface area contributed by atoms with E-state index in [-0.39, 0.29) is 11.9 Å². The summed E-state index contributed by atoms with van der Waals surface area (Å²) < 4.78 is 5.89. The summed E-state index contributed by atoms with van der Waals surface area (Å²) in [7, 11) is 0. The molecule has 0 radical (unpaired) electrons. The second-order valence-corrected chi connectivity index (χ2v) is 4.75. The van der Waals surface area contributed by atoms with Gasteiger partial charge in [-0.2, -0.15) is 0 Å². The largest absolute Gasteiger partial charge is 0.459 e. The fourth-order valence-electron chi connectivity index (χ4n) is 2.23. The lowest BCUT2D eigenvalue weighted by Crippen LogP contribution is -2.31. The Morgan fingerprint density at radius 3 is 2.74 bits per heavy atom. The molecule has 0 aliphatic rings. The van der Waals surface area contributed by atoms with Gasteiger partial charge in [0.2, 0.25) is 5.91 Å². The van der Waals surface area contributed by atoms with Crippen LogP contribution in [0.25, 0.3) is 11.0 Å². The lowest BCUT2D eigenvalue weighted by Gasteiger charge is -2.12. The van der Waals surface area contributed by atoms with Crippen LogP contribution < -0.4 is 10.6 Å². The van der Waals surface area contributed by atoms with Crippen molar-refractivity contribution in [2.24, 2.45) is 0 Å². The van der Waals surface area contributed by atoms with E-state index in [4.69, 9.17) is 4.42 Å². The molecule has 1 heterocycles. The van der Waals surface area contributed by atoms with Gasteiger partial charge in [0.05, 0.1) is 6.04 Å². The number of aryl methyl sites for hydroxylation is 1. The van der Waals surface area contributed by atoms with Gasteiger partial charge in [0, 0.05) is 25.4 Å². The van der Waals surface area contributed by atoms with Crippen LogP contribution in [0.4, 0.5) is 0 Å². The summed E-state index contributed by atoms with van der Waals surface area (Å²) in [5, 5.41) is 7.27. The monoisotopic (exact) mass is 260 g/mol. The average Bonchev–Trinajstić information content (AvgIpc) is 2.72. The number of amides is 1. The van der Waals surface area contributed by atoms with E-state index in [2.05, 4.69) is 30.5 Å². The van der Waals surface area contributed by atoms with Crippen LogP contribution in [0, 0.1) is 6.92 Å². The van der Waals surface area contributed by atoms with E-state index in [9.17, 15) is 4.79 Å². The normalized spacial score (nSPS) is 12.6. The zero-order chi connectivity index (χ0) is 13.8. The number of hydrogen-bond acceptors (Lipinski definition) is 3. The molecule has 2 aromatic rings. The molecule has 19 heavy (non-hydrogen) atoms. The molecule has 2 N–H and O–H groups in total. The van der Waals surface area contributed by atoms with Crippen LogP contribution in [-0.2, 0) is 4.79 Å². The number of rotatable bonds is 5. The lowest BCUT2D eigenvalue weighted by molar-refractivity contribution is -0.118. The number of benzene rings is 1. The zero-order valence-corrected chi connectivity index (χ0v) is 11.6. The van der Waals surface area contributed by atoms with Crippen molar-refractivity contribution in [3.8, 4) is 0 Å². The molecule has 0 spiro atoms. The van der Waals surface area contributed by atoms with Crippen LogP contribution in [0.3, 0.4) is 0 Å². The van der Waals surface area contributed by atoms with Crippen molar-refractivity contribution in [1.82, 2.24) is 10.6 Å². The quantitative estimate of drug-likeness (QED) is 0.812. The molecular weight excluding hydrogens is 240 g/mol. The molecule has 4 heteroatoms. The van der Waals surface area contributed by atoms with Gasteiger partial charge in [-0.15, -0.1) is 0 Å². The second kappa shape index (κ2) is 5.89. The molecule has 0 bridgehead atoms. The summed E-state index contributed by atoms with van der Waals surface area (Å²) in [5.41, 5.74) is 2.10. The number of carbonyl (C=O) groups is 1. The summed E-state index contributed by atoms with van der Waals surface area (Å²) in [4.78, 5) is 10.8. The van der Waals surface area contributed by atoms with E-state index in [1.165, 1.54) is 12.5 Å². The minimum atomic E-state index is -0.00521. The van der Waals surface area contributed by atoms with Gasteiger partial charge in [0.15, 0.2) is 0 Å². The minimum Gasteiger partial charge on any atom is -0.459 e. The van der Waals surface area contributed by atoms with E-state index in [1.807, 2.05) is 18.2 Å². The molecule has 0 fully saturated rings. The molecule has 2 rings (SSSR count). The maximum atomic E-state index is 10.8. The zero-order valence-electron chi connectivity index (χ0n) is 11.6. The topological polar surface area (TPSA) is 54.3 Å². The smallest absolute Gasteiger partial charge is 0.216 e. The molecule has 1 aromatic heterocycles. The van der Waals surface area contributed by atoms with Crippen molar-refractivity contribution in [3.63, 3.8) is 0 Å². The first-order valence-corrected chi connectivity index (χ1v) is 6.55. The van der Waals surface area contributed by atoms with Gasteiger partial charge in [0.1, 0.15) is 11.3 Å². The van der Waals surface area contributed by atoms with Crippen LogP contribution in [-0.4, -0.2) is 19.0 Å². The number of hydrogen-bond donors (Lipinski definition) is 2. The number of furan rings is 1. The van der Waals surface area contributed by atoms with Crippen LogP contribution in [0.15, 0.2) is 28.7 Å². The predicted octanol–water partition coefficient (Wildman–Crippen LogP) is 2.53. The first-order valence-electron chi connectivity index (χ1n) is 6.55. The van der Waals surface area contributed by atoms with E-state index >= 15 is 0 Å². The summed E-state index contributed by atoms with van der Waals surface area (Å²) >= 11 is 0. The molecule has 0 aliphatic heterocycles. The molecule has 1 amide bonds. The molecule has 0 saturated heterocycles. The van der Waals surface area contributed by atoms with E-state index < -0.39 is 0 Å². The minimum absolute atomic E-state index is 0.00521. The summed E-state index contributed by atoms with van der Waals surface area (Å²) in [6.45, 7) is 7.01. The SMILES string of the molecule is CC(=O)NCCNC(C)c1oc2ccccc2c1C. The summed E-state index contributed by atoms with van der Waals surface area (Å²) in [6.07, 6.45) is 0. The highest BCUT2D eigenvalue weighted by Crippen LogP contribution is 2.28. The lowest BCUT2D eigenvalue weighted by atomic mass is 10.1. The van der Waals surface area contributed by atoms with Gasteiger partial charge in [-0.25, -0.2) is 0 Å². The van der Waals surface area contributed by atoms with E-state index in [1.54, 1.807) is 0 Å². The van der Waals surface area contributed by atoms with Crippen molar-refractivity contribution in [2.45, 2.75) is 26.8 Å². The Labute approximate surface area is 113 Å². The van der Waals surface area contributed by atoms with E-state index in [0.717, 1.165) is 23.3 Å². The van der Waals surface area contributed by atoms with E-state index in [0.29, 0.717) is 6.54 Å². The Balaban J connectivity index is 2.03. The summed E-state index contributed by atoms with van der Waals surface area (Å²) in [5.74, 6) is 0.957. The highest BCUT2D eigenvalue weighted by atomic mass is 16.3. The number of fused-ring (bicyclic) bond motifs is 1. The van der Waals surface area contributed by atoms with Gasteiger partial charge in [-0.3, -0.25) is 4.79 Å². The average molecular weight is 260 g/mol. The molecule has 102 valence electrons.